The highest BCUT2D eigenvalue weighted by molar-refractivity contribution is 5.92. The van der Waals surface area contributed by atoms with Crippen molar-refractivity contribution in [1.29, 1.82) is 0 Å². The van der Waals surface area contributed by atoms with Crippen molar-refractivity contribution in [3.05, 3.63) is 41.7 Å². The van der Waals surface area contributed by atoms with Crippen LogP contribution in [0.3, 0.4) is 0 Å². The molecular formula is C13H15F2N5O. The van der Waals surface area contributed by atoms with Crippen LogP contribution in [-0.2, 0) is 0 Å². The van der Waals surface area contributed by atoms with E-state index >= 15 is 0 Å². The van der Waals surface area contributed by atoms with Crippen molar-refractivity contribution in [2.24, 2.45) is 0 Å². The fraction of sp³-hybridized carbons (Fsp3) is 0.385. The summed E-state index contributed by atoms with van der Waals surface area (Å²) in [6, 6.07) is 0.243. The van der Waals surface area contributed by atoms with Gasteiger partial charge in [0.05, 0.1) is 12.2 Å². The van der Waals surface area contributed by atoms with Crippen LogP contribution in [0, 0.1) is 11.6 Å². The lowest BCUT2D eigenvalue weighted by Gasteiger charge is -2.16. The van der Waals surface area contributed by atoms with Crippen molar-refractivity contribution in [2.45, 2.75) is 32.9 Å². The second-order valence-electron chi connectivity index (χ2n) is 4.87. The number of hydrogen-bond donors (Lipinski definition) is 1. The van der Waals surface area contributed by atoms with Gasteiger partial charge in [-0.15, -0.1) is 10.2 Å². The molecule has 0 aliphatic carbocycles. The number of carbonyl (C=O) groups excluding carboxylic acids is 1. The Balaban J connectivity index is 2.17. The molecule has 0 bridgehead atoms. The lowest BCUT2D eigenvalue weighted by molar-refractivity contribution is 0.0927. The van der Waals surface area contributed by atoms with Crippen LogP contribution in [0.5, 0.6) is 0 Å². The molecule has 0 aliphatic heterocycles. The lowest BCUT2D eigenvalue weighted by atomic mass is 10.2. The van der Waals surface area contributed by atoms with Gasteiger partial charge in [-0.2, -0.15) is 0 Å². The van der Waals surface area contributed by atoms with E-state index in [9.17, 15) is 13.6 Å². The molecule has 2 aromatic heterocycles. The van der Waals surface area contributed by atoms with Gasteiger partial charge in [-0.25, -0.2) is 13.8 Å². The average molecular weight is 295 g/mol. The Morgan fingerprint density at radius 2 is 2.05 bits per heavy atom. The molecule has 8 heteroatoms. The zero-order valence-electron chi connectivity index (χ0n) is 11.8. The van der Waals surface area contributed by atoms with Crippen LogP contribution >= 0.6 is 0 Å². The van der Waals surface area contributed by atoms with E-state index in [-0.39, 0.29) is 6.04 Å². The quantitative estimate of drug-likeness (QED) is 0.936. The van der Waals surface area contributed by atoms with Crippen LogP contribution in [0.25, 0.3) is 0 Å². The second kappa shape index (κ2) is 5.94. The van der Waals surface area contributed by atoms with Gasteiger partial charge in [-0.05, 0) is 20.8 Å². The number of halogens is 2. The van der Waals surface area contributed by atoms with E-state index in [0.29, 0.717) is 11.9 Å². The molecule has 1 N–H and O–H groups in total. The Labute approximate surface area is 120 Å². The largest absolute Gasteiger partial charge is 0.341 e. The molecule has 0 radical (unpaired) electrons. The van der Waals surface area contributed by atoms with Gasteiger partial charge in [0.1, 0.15) is 12.1 Å². The zero-order chi connectivity index (χ0) is 15.6. The molecular weight excluding hydrogens is 280 g/mol. The number of aromatic nitrogens is 4. The highest BCUT2D eigenvalue weighted by atomic mass is 19.1. The van der Waals surface area contributed by atoms with Crippen molar-refractivity contribution in [3.63, 3.8) is 0 Å². The first-order valence-corrected chi connectivity index (χ1v) is 6.41. The zero-order valence-corrected chi connectivity index (χ0v) is 11.8. The summed E-state index contributed by atoms with van der Waals surface area (Å²) in [5.41, 5.74) is -0.459. The SMILES string of the molecule is CC(C)n1cnnc1[C@@H](C)NC(=O)c1ncc(F)cc1F. The summed E-state index contributed by atoms with van der Waals surface area (Å²) >= 11 is 0. The Morgan fingerprint density at radius 1 is 1.33 bits per heavy atom. The first-order valence-electron chi connectivity index (χ1n) is 6.41. The molecule has 0 fully saturated rings. The topological polar surface area (TPSA) is 72.7 Å². The molecule has 0 saturated heterocycles. The molecule has 2 rings (SSSR count). The third kappa shape index (κ3) is 3.21. The minimum absolute atomic E-state index is 0.120. The fourth-order valence-corrected chi connectivity index (χ4v) is 1.87. The predicted octanol–water partition coefficient (Wildman–Crippen LogP) is 2.02. The van der Waals surface area contributed by atoms with Gasteiger partial charge in [0.25, 0.3) is 5.91 Å². The van der Waals surface area contributed by atoms with Gasteiger partial charge in [-0.3, -0.25) is 4.79 Å². The molecule has 0 aromatic carbocycles. The summed E-state index contributed by atoms with van der Waals surface area (Å²) in [5.74, 6) is -2.04. The maximum atomic E-state index is 13.5. The molecule has 1 amide bonds. The van der Waals surface area contributed by atoms with E-state index in [0.717, 1.165) is 6.20 Å². The van der Waals surface area contributed by atoms with Gasteiger partial charge in [0.2, 0.25) is 0 Å². The van der Waals surface area contributed by atoms with Crippen molar-refractivity contribution < 1.29 is 13.6 Å². The van der Waals surface area contributed by atoms with E-state index in [1.807, 2.05) is 13.8 Å². The first-order chi connectivity index (χ1) is 9.90. The van der Waals surface area contributed by atoms with Crippen LogP contribution < -0.4 is 5.32 Å². The molecule has 0 aliphatic rings. The highest BCUT2D eigenvalue weighted by Gasteiger charge is 2.20. The van der Waals surface area contributed by atoms with E-state index in [1.54, 1.807) is 17.8 Å². The normalized spacial score (nSPS) is 12.5. The third-order valence-corrected chi connectivity index (χ3v) is 2.91. The van der Waals surface area contributed by atoms with E-state index in [1.165, 1.54) is 0 Å². The van der Waals surface area contributed by atoms with E-state index in [2.05, 4.69) is 20.5 Å². The third-order valence-electron chi connectivity index (χ3n) is 2.91. The number of pyridine rings is 1. The van der Waals surface area contributed by atoms with Crippen LogP contribution in [0.15, 0.2) is 18.6 Å². The number of nitrogens with one attached hydrogen (secondary N) is 1. The maximum absolute atomic E-state index is 13.5. The Hall–Kier alpha value is -2.38. The monoisotopic (exact) mass is 295 g/mol. The van der Waals surface area contributed by atoms with Gasteiger partial charge >= 0.3 is 0 Å². The second-order valence-corrected chi connectivity index (χ2v) is 4.87. The molecule has 112 valence electrons. The Kier molecular flexibility index (Phi) is 4.25. The molecule has 0 spiro atoms. The average Bonchev–Trinajstić information content (AvgIpc) is 2.87. The Morgan fingerprint density at radius 3 is 2.67 bits per heavy atom. The summed E-state index contributed by atoms with van der Waals surface area (Å²) in [6.45, 7) is 5.59. The number of hydrogen-bond acceptors (Lipinski definition) is 4. The smallest absolute Gasteiger partial charge is 0.273 e. The predicted molar refractivity (Wildman–Crippen MR) is 70.4 cm³/mol. The molecule has 21 heavy (non-hydrogen) atoms. The molecule has 6 nitrogen and oxygen atoms in total. The van der Waals surface area contributed by atoms with Crippen LogP contribution in [0.2, 0.25) is 0 Å². The van der Waals surface area contributed by atoms with E-state index in [4.69, 9.17) is 0 Å². The van der Waals surface area contributed by atoms with Gasteiger partial charge in [0, 0.05) is 12.1 Å². The number of carbonyl (C=O) groups is 1. The van der Waals surface area contributed by atoms with Crippen molar-refractivity contribution in [1.82, 2.24) is 25.1 Å². The number of amides is 1. The van der Waals surface area contributed by atoms with Crippen molar-refractivity contribution >= 4 is 5.91 Å². The summed E-state index contributed by atoms with van der Waals surface area (Å²) in [5, 5.41) is 10.3. The minimum atomic E-state index is -1.01. The summed E-state index contributed by atoms with van der Waals surface area (Å²) in [4.78, 5) is 15.4. The summed E-state index contributed by atoms with van der Waals surface area (Å²) in [6.07, 6.45) is 2.35. The molecule has 0 saturated carbocycles. The first kappa shape index (κ1) is 15.0. The minimum Gasteiger partial charge on any atom is -0.341 e. The number of rotatable bonds is 4. The molecule has 2 heterocycles. The van der Waals surface area contributed by atoms with Crippen LogP contribution in [0.1, 0.15) is 49.2 Å². The molecule has 0 unspecified atom stereocenters. The summed E-state index contributed by atoms with van der Waals surface area (Å²) < 4.78 is 28.1. The van der Waals surface area contributed by atoms with Crippen LogP contribution in [0.4, 0.5) is 8.78 Å². The number of nitrogens with zero attached hydrogens (tertiary/aromatic N) is 4. The molecule has 1 atom stereocenters. The standard InChI is InChI=1S/C13H15F2N5O/c1-7(2)20-6-17-19-12(20)8(3)18-13(21)11-10(15)4-9(14)5-16-11/h4-8H,1-3H3,(H,18,21)/t8-/m1/s1. The van der Waals surface area contributed by atoms with Crippen molar-refractivity contribution in [2.75, 3.05) is 0 Å². The summed E-state index contributed by atoms with van der Waals surface area (Å²) in [7, 11) is 0. The lowest BCUT2D eigenvalue weighted by Crippen LogP contribution is -2.30. The van der Waals surface area contributed by atoms with Gasteiger partial charge in [0.15, 0.2) is 17.3 Å². The van der Waals surface area contributed by atoms with Crippen LogP contribution in [-0.4, -0.2) is 25.7 Å². The fourth-order valence-electron chi connectivity index (χ4n) is 1.87. The maximum Gasteiger partial charge on any atom is 0.273 e. The molecule has 2 aromatic rings. The Bertz CT molecular complexity index is 656. The van der Waals surface area contributed by atoms with Crippen molar-refractivity contribution in [3.8, 4) is 0 Å². The van der Waals surface area contributed by atoms with Gasteiger partial charge < -0.3 is 9.88 Å². The van der Waals surface area contributed by atoms with E-state index < -0.39 is 29.3 Å². The highest BCUT2D eigenvalue weighted by Crippen LogP contribution is 2.15. The van der Waals surface area contributed by atoms with Gasteiger partial charge in [-0.1, -0.05) is 0 Å².